The SMILES string of the molecule is CN(C)C(=O)C1CNCCN1C(=O)c1ccc(Cl)s1. The van der Waals surface area contributed by atoms with Crippen molar-refractivity contribution in [2.45, 2.75) is 6.04 Å². The fourth-order valence-electron chi connectivity index (χ4n) is 2.04. The number of amides is 2. The predicted octanol–water partition coefficient (Wildman–Crippen LogP) is 0.904. The van der Waals surface area contributed by atoms with E-state index in [0.717, 1.165) is 0 Å². The monoisotopic (exact) mass is 301 g/mol. The minimum atomic E-state index is -0.447. The number of nitrogens with zero attached hydrogens (tertiary/aromatic N) is 2. The Hall–Kier alpha value is -1.11. The van der Waals surface area contributed by atoms with Crippen LogP contribution in [-0.4, -0.2) is 61.4 Å². The molecule has 2 amide bonds. The lowest BCUT2D eigenvalue weighted by Gasteiger charge is -2.36. The quantitative estimate of drug-likeness (QED) is 0.883. The third-order valence-corrected chi connectivity index (χ3v) is 4.23. The van der Waals surface area contributed by atoms with Crippen LogP contribution in [0.5, 0.6) is 0 Å². The first-order valence-electron chi connectivity index (χ1n) is 5.99. The number of carbonyl (C=O) groups excluding carboxylic acids is 2. The Bertz CT molecular complexity index is 489. The molecule has 1 aliphatic heterocycles. The van der Waals surface area contributed by atoms with Crippen molar-refractivity contribution < 1.29 is 9.59 Å². The molecule has 7 heteroatoms. The van der Waals surface area contributed by atoms with Crippen molar-refractivity contribution in [3.63, 3.8) is 0 Å². The Kier molecular flexibility index (Phi) is 4.44. The third-order valence-electron chi connectivity index (χ3n) is 3.01. The van der Waals surface area contributed by atoms with E-state index in [2.05, 4.69) is 5.32 Å². The number of halogens is 1. The van der Waals surface area contributed by atoms with Crippen molar-refractivity contribution in [1.29, 1.82) is 0 Å². The fourth-order valence-corrected chi connectivity index (χ4v) is 3.04. The Morgan fingerprint density at radius 2 is 2.21 bits per heavy atom. The van der Waals surface area contributed by atoms with Gasteiger partial charge in [0.15, 0.2) is 0 Å². The molecule has 1 fully saturated rings. The molecule has 1 atom stereocenters. The van der Waals surface area contributed by atoms with Crippen molar-refractivity contribution in [1.82, 2.24) is 15.1 Å². The van der Waals surface area contributed by atoms with Crippen LogP contribution in [0.2, 0.25) is 4.34 Å². The molecule has 0 aromatic carbocycles. The number of piperazine rings is 1. The summed E-state index contributed by atoms with van der Waals surface area (Å²) in [7, 11) is 3.39. The molecule has 0 saturated carbocycles. The minimum Gasteiger partial charge on any atom is -0.347 e. The molecule has 1 aromatic heterocycles. The van der Waals surface area contributed by atoms with Crippen LogP contribution in [0, 0.1) is 0 Å². The zero-order chi connectivity index (χ0) is 14.0. The molecule has 2 rings (SSSR count). The van der Waals surface area contributed by atoms with Gasteiger partial charge in [0.1, 0.15) is 6.04 Å². The number of likely N-dealkylation sites (N-methyl/N-ethyl adjacent to an activating group) is 1. The Morgan fingerprint density at radius 1 is 1.47 bits per heavy atom. The highest BCUT2D eigenvalue weighted by atomic mass is 35.5. The molecule has 1 aromatic rings. The van der Waals surface area contributed by atoms with E-state index < -0.39 is 6.04 Å². The molecule has 0 radical (unpaired) electrons. The number of nitrogens with one attached hydrogen (secondary N) is 1. The van der Waals surface area contributed by atoms with Crippen LogP contribution in [0.25, 0.3) is 0 Å². The van der Waals surface area contributed by atoms with E-state index in [0.29, 0.717) is 28.8 Å². The topological polar surface area (TPSA) is 52.7 Å². The van der Waals surface area contributed by atoms with Crippen LogP contribution < -0.4 is 5.32 Å². The maximum absolute atomic E-state index is 12.4. The van der Waals surface area contributed by atoms with Gasteiger partial charge in [-0.15, -0.1) is 11.3 Å². The van der Waals surface area contributed by atoms with E-state index in [4.69, 9.17) is 11.6 Å². The van der Waals surface area contributed by atoms with Gasteiger partial charge in [-0.05, 0) is 12.1 Å². The number of hydrogen-bond acceptors (Lipinski definition) is 4. The number of rotatable bonds is 2. The van der Waals surface area contributed by atoms with Gasteiger partial charge in [0.05, 0.1) is 9.21 Å². The lowest BCUT2D eigenvalue weighted by molar-refractivity contribution is -0.134. The predicted molar refractivity (Wildman–Crippen MR) is 75.7 cm³/mol. The molecular weight excluding hydrogens is 286 g/mol. The molecule has 0 aliphatic carbocycles. The summed E-state index contributed by atoms with van der Waals surface area (Å²) in [6.07, 6.45) is 0. The van der Waals surface area contributed by atoms with Gasteiger partial charge >= 0.3 is 0 Å². The molecule has 1 aliphatic rings. The van der Waals surface area contributed by atoms with Crippen molar-refractivity contribution in [3.8, 4) is 0 Å². The van der Waals surface area contributed by atoms with Crippen molar-refractivity contribution in [2.24, 2.45) is 0 Å². The summed E-state index contributed by atoms with van der Waals surface area (Å²) < 4.78 is 0.578. The largest absolute Gasteiger partial charge is 0.347 e. The average Bonchev–Trinajstić information content (AvgIpc) is 2.83. The van der Waals surface area contributed by atoms with E-state index in [-0.39, 0.29) is 11.8 Å². The zero-order valence-corrected chi connectivity index (χ0v) is 12.4. The summed E-state index contributed by atoms with van der Waals surface area (Å²) in [5.74, 6) is -0.193. The summed E-state index contributed by atoms with van der Waals surface area (Å²) in [5, 5.41) is 3.15. The van der Waals surface area contributed by atoms with Gasteiger partial charge in [-0.1, -0.05) is 11.6 Å². The summed E-state index contributed by atoms with van der Waals surface area (Å²) in [5.41, 5.74) is 0. The standard InChI is InChI=1S/C12H16ClN3O2S/c1-15(2)11(17)8-7-14-5-6-16(8)12(18)9-3-4-10(13)19-9/h3-4,8,14H,5-7H2,1-2H3. The fraction of sp³-hybridized carbons (Fsp3) is 0.500. The zero-order valence-electron chi connectivity index (χ0n) is 10.9. The normalized spacial score (nSPS) is 19.3. The molecule has 104 valence electrons. The number of hydrogen-bond donors (Lipinski definition) is 1. The molecule has 0 spiro atoms. The molecule has 0 bridgehead atoms. The van der Waals surface area contributed by atoms with Gasteiger partial charge in [0.2, 0.25) is 5.91 Å². The van der Waals surface area contributed by atoms with E-state index in [1.165, 1.54) is 16.2 Å². The third kappa shape index (κ3) is 3.08. The summed E-state index contributed by atoms with van der Waals surface area (Å²) in [4.78, 5) is 28.3. The van der Waals surface area contributed by atoms with Gasteiger partial charge in [0.25, 0.3) is 5.91 Å². The summed E-state index contributed by atoms with van der Waals surface area (Å²) in [6, 6.07) is 2.95. The van der Waals surface area contributed by atoms with Gasteiger partial charge in [-0.3, -0.25) is 9.59 Å². The Balaban J connectivity index is 2.20. The van der Waals surface area contributed by atoms with Gasteiger partial charge in [-0.25, -0.2) is 0 Å². The van der Waals surface area contributed by atoms with Crippen LogP contribution in [0.3, 0.4) is 0 Å². The lowest BCUT2D eigenvalue weighted by atomic mass is 10.1. The van der Waals surface area contributed by atoms with Crippen molar-refractivity contribution >= 4 is 34.8 Å². The first kappa shape index (κ1) is 14.3. The van der Waals surface area contributed by atoms with E-state index in [9.17, 15) is 9.59 Å². The van der Waals surface area contributed by atoms with Gasteiger partial charge < -0.3 is 15.1 Å². The molecular formula is C12H16ClN3O2S. The highest BCUT2D eigenvalue weighted by Crippen LogP contribution is 2.24. The first-order chi connectivity index (χ1) is 9.00. The minimum absolute atomic E-state index is 0.0665. The summed E-state index contributed by atoms with van der Waals surface area (Å²) >= 11 is 7.09. The van der Waals surface area contributed by atoms with Gasteiger partial charge in [-0.2, -0.15) is 0 Å². The van der Waals surface area contributed by atoms with E-state index >= 15 is 0 Å². The Morgan fingerprint density at radius 3 is 2.79 bits per heavy atom. The molecule has 1 saturated heterocycles. The summed E-state index contributed by atoms with van der Waals surface area (Å²) in [6.45, 7) is 1.71. The van der Waals surface area contributed by atoms with Crippen LogP contribution in [-0.2, 0) is 4.79 Å². The van der Waals surface area contributed by atoms with Crippen molar-refractivity contribution in [3.05, 3.63) is 21.3 Å². The van der Waals surface area contributed by atoms with E-state index in [1.54, 1.807) is 31.1 Å². The lowest BCUT2D eigenvalue weighted by Crippen LogP contribution is -2.59. The molecule has 19 heavy (non-hydrogen) atoms. The molecule has 5 nitrogen and oxygen atoms in total. The number of thiophene rings is 1. The van der Waals surface area contributed by atoms with Crippen LogP contribution in [0.15, 0.2) is 12.1 Å². The molecule has 1 N–H and O–H groups in total. The van der Waals surface area contributed by atoms with Crippen LogP contribution in [0.4, 0.5) is 0 Å². The van der Waals surface area contributed by atoms with Crippen LogP contribution >= 0.6 is 22.9 Å². The maximum atomic E-state index is 12.4. The Labute approximate surface area is 121 Å². The van der Waals surface area contributed by atoms with E-state index in [1.807, 2.05) is 0 Å². The van der Waals surface area contributed by atoms with Crippen molar-refractivity contribution in [2.75, 3.05) is 33.7 Å². The second kappa shape index (κ2) is 5.90. The second-order valence-electron chi connectivity index (χ2n) is 4.55. The maximum Gasteiger partial charge on any atom is 0.264 e. The molecule has 1 unspecified atom stereocenters. The average molecular weight is 302 g/mol. The highest BCUT2D eigenvalue weighted by molar-refractivity contribution is 7.17. The highest BCUT2D eigenvalue weighted by Gasteiger charge is 2.33. The van der Waals surface area contributed by atoms with Gasteiger partial charge in [0, 0.05) is 33.7 Å². The second-order valence-corrected chi connectivity index (χ2v) is 6.27. The van der Waals surface area contributed by atoms with Crippen LogP contribution in [0.1, 0.15) is 9.67 Å². The first-order valence-corrected chi connectivity index (χ1v) is 7.18. The smallest absolute Gasteiger partial charge is 0.264 e. The molecule has 2 heterocycles. The number of carbonyl (C=O) groups is 2.